The molecule has 3 aromatic rings. The second-order valence-electron chi connectivity index (χ2n) is 7.78. The SMILES string of the molecule is CCCN=c1sc(SCCC)nc2c1C(c1ccccc1)C(C(C)=O)=NN2c1ccccc1. The molecule has 2 aromatic carbocycles. The number of nitrogens with zero attached hydrogens (tertiary/aromatic N) is 4. The van der Waals surface area contributed by atoms with Crippen LogP contribution in [-0.2, 0) is 4.79 Å². The number of fused-ring (bicyclic) bond motifs is 1. The minimum Gasteiger partial charge on any atom is -0.293 e. The highest BCUT2D eigenvalue weighted by Crippen LogP contribution is 2.40. The van der Waals surface area contributed by atoms with E-state index in [0.717, 1.165) is 56.8 Å². The van der Waals surface area contributed by atoms with E-state index in [1.54, 1.807) is 30.0 Å². The van der Waals surface area contributed by atoms with Crippen molar-refractivity contribution in [1.82, 2.24) is 4.98 Å². The van der Waals surface area contributed by atoms with Crippen LogP contribution < -0.4 is 9.68 Å². The van der Waals surface area contributed by atoms with E-state index in [1.165, 1.54) is 0 Å². The molecule has 0 saturated heterocycles. The number of Topliss-reactive ketones (excluding diaryl/α,β-unsaturated/α-hetero) is 1. The molecule has 0 fully saturated rings. The van der Waals surface area contributed by atoms with E-state index in [9.17, 15) is 4.79 Å². The second-order valence-corrected chi connectivity index (χ2v) is 10.1. The monoisotopic (exact) mass is 476 g/mol. The van der Waals surface area contributed by atoms with Gasteiger partial charge in [-0.2, -0.15) is 5.10 Å². The highest BCUT2D eigenvalue weighted by atomic mass is 32.2. The van der Waals surface area contributed by atoms with Crippen molar-refractivity contribution in [3.05, 3.63) is 76.5 Å². The van der Waals surface area contributed by atoms with Crippen LogP contribution in [0.25, 0.3) is 0 Å². The molecule has 170 valence electrons. The maximum atomic E-state index is 12.9. The van der Waals surface area contributed by atoms with E-state index in [0.29, 0.717) is 5.71 Å². The molecule has 0 saturated carbocycles. The van der Waals surface area contributed by atoms with Gasteiger partial charge in [-0.15, -0.1) is 0 Å². The summed E-state index contributed by atoms with van der Waals surface area (Å²) < 4.78 is 1.91. The van der Waals surface area contributed by atoms with E-state index < -0.39 is 0 Å². The third-order valence-electron chi connectivity index (χ3n) is 5.23. The fourth-order valence-electron chi connectivity index (χ4n) is 3.74. The van der Waals surface area contributed by atoms with Gasteiger partial charge in [-0.05, 0) is 30.5 Å². The third kappa shape index (κ3) is 5.09. The van der Waals surface area contributed by atoms with Gasteiger partial charge in [0.15, 0.2) is 15.9 Å². The number of benzene rings is 2. The van der Waals surface area contributed by atoms with Gasteiger partial charge in [0.05, 0.1) is 11.6 Å². The van der Waals surface area contributed by atoms with Crippen molar-refractivity contribution in [1.29, 1.82) is 0 Å². The zero-order chi connectivity index (χ0) is 23.2. The van der Waals surface area contributed by atoms with Crippen molar-refractivity contribution in [2.45, 2.75) is 43.9 Å². The standard InChI is InChI=1S/C26H28N4OS2/c1-4-16-27-25-22-21(19-12-8-6-9-13-19)23(18(3)31)29-30(20-14-10-7-11-15-20)24(22)28-26(33-25)32-17-5-2/h6-15,21H,4-5,16-17H2,1-3H3. The Bertz CT molecular complexity index is 1210. The molecule has 0 amide bonds. The van der Waals surface area contributed by atoms with Gasteiger partial charge in [-0.1, -0.05) is 85.5 Å². The zero-order valence-corrected chi connectivity index (χ0v) is 20.8. The maximum absolute atomic E-state index is 12.9. The third-order valence-corrected chi connectivity index (χ3v) is 7.59. The highest BCUT2D eigenvalue weighted by Gasteiger charge is 2.36. The first kappa shape index (κ1) is 23.4. The lowest BCUT2D eigenvalue weighted by molar-refractivity contribution is -0.111. The van der Waals surface area contributed by atoms with E-state index in [4.69, 9.17) is 15.1 Å². The van der Waals surface area contributed by atoms with E-state index >= 15 is 0 Å². The number of carbonyl (C=O) groups is 1. The molecule has 1 unspecified atom stereocenters. The molecular weight excluding hydrogens is 448 g/mol. The van der Waals surface area contributed by atoms with Crippen LogP contribution in [0.5, 0.6) is 0 Å². The fraction of sp³-hybridized carbons (Fsp3) is 0.308. The van der Waals surface area contributed by atoms with Gasteiger partial charge in [0.25, 0.3) is 0 Å². The van der Waals surface area contributed by atoms with Gasteiger partial charge in [0.1, 0.15) is 10.4 Å². The van der Waals surface area contributed by atoms with Crippen LogP contribution in [0.4, 0.5) is 11.5 Å². The van der Waals surface area contributed by atoms with Crippen molar-refractivity contribution >= 4 is 46.1 Å². The first-order valence-corrected chi connectivity index (χ1v) is 13.1. The molecule has 0 spiro atoms. The number of anilines is 2. The molecule has 0 N–H and O–H groups in total. The number of hydrogen-bond acceptors (Lipinski definition) is 7. The van der Waals surface area contributed by atoms with Crippen molar-refractivity contribution in [3.8, 4) is 0 Å². The largest absolute Gasteiger partial charge is 0.293 e. The second kappa shape index (κ2) is 10.9. The lowest BCUT2D eigenvalue weighted by Crippen LogP contribution is -2.35. The number of para-hydroxylation sites is 1. The van der Waals surface area contributed by atoms with Crippen LogP contribution in [-0.4, -0.2) is 28.8 Å². The number of hydrogen-bond donors (Lipinski definition) is 0. The summed E-state index contributed by atoms with van der Waals surface area (Å²) in [6.07, 6.45) is 2.02. The van der Waals surface area contributed by atoms with Gasteiger partial charge in [0.2, 0.25) is 0 Å². The minimum absolute atomic E-state index is 0.0497. The van der Waals surface area contributed by atoms with Gasteiger partial charge < -0.3 is 0 Å². The summed E-state index contributed by atoms with van der Waals surface area (Å²) in [6.45, 7) is 6.61. The topological polar surface area (TPSA) is 57.9 Å². The maximum Gasteiger partial charge on any atom is 0.176 e. The summed E-state index contributed by atoms with van der Waals surface area (Å²) in [5, 5.41) is 6.70. The molecule has 2 heterocycles. The Morgan fingerprint density at radius 2 is 1.76 bits per heavy atom. The number of carbonyl (C=O) groups excluding carboxylic acids is 1. The van der Waals surface area contributed by atoms with E-state index in [1.807, 2.05) is 53.5 Å². The molecule has 5 nitrogen and oxygen atoms in total. The molecule has 1 aliphatic heterocycles. The Hall–Kier alpha value is -2.77. The molecule has 7 heteroatoms. The smallest absolute Gasteiger partial charge is 0.176 e. The normalized spacial score (nSPS) is 15.8. The molecule has 33 heavy (non-hydrogen) atoms. The molecule has 0 bridgehead atoms. The molecule has 1 atom stereocenters. The Morgan fingerprint density at radius 1 is 1.06 bits per heavy atom. The first-order valence-electron chi connectivity index (χ1n) is 11.3. The molecule has 1 aromatic heterocycles. The quantitative estimate of drug-likeness (QED) is 0.364. The van der Waals surface area contributed by atoms with Crippen LogP contribution >= 0.6 is 23.1 Å². The summed E-state index contributed by atoms with van der Waals surface area (Å²) in [4.78, 5) is 22.9. The van der Waals surface area contributed by atoms with Crippen molar-refractivity contribution < 1.29 is 4.79 Å². The molecule has 4 rings (SSSR count). The van der Waals surface area contributed by atoms with Gasteiger partial charge in [-0.25, -0.2) is 9.99 Å². The summed E-state index contributed by atoms with van der Waals surface area (Å²) in [5.74, 6) is 1.40. The van der Waals surface area contributed by atoms with Crippen LogP contribution in [0.3, 0.4) is 0 Å². The Labute approximate surface area is 203 Å². The average Bonchev–Trinajstić information content (AvgIpc) is 2.86. The summed E-state index contributed by atoms with van der Waals surface area (Å²) >= 11 is 3.37. The van der Waals surface area contributed by atoms with Crippen LogP contribution in [0.15, 0.2) is 75.1 Å². The summed E-state index contributed by atoms with van der Waals surface area (Å²) in [7, 11) is 0. The first-order chi connectivity index (χ1) is 16.1. The zero-order valence-electron chi connectivity index (χ0n) is 19.2. The lowest BCUT2D eigenvalue weighted by Gasteiger charge is -2.32. The van der Waals surface area contributed by atoms with Crippen molar-refractivity contribution in [2.75, 3.05) is 17.3 Å². The molecule has 0 aliphatic carbocycles. The van der Waals surface area contributed by atoms with Crippen molar-refractivity contribution in [2.24, 2.45) is 10.1 Å². The van der Waals surface area contributed by atoms with Gasteiger partial charge in [-0.3, -0.25) is 9.79 Å². The number of hydrazone groups is 1. The molecule has 0 radical (unpaired) electrons. The Kier molecular flexibility index (Phi) is 7.73. The number of rotatable bonds is 8. The van der Waals surface area contributed by atoms with Gasteiger partial charge in [0, 0.05) is 24.8 Å². The van der Waals surface area contributed by atoms with Gasteiger partial charge >= 0.3 is 0 Å². The predicted molar refractivity (Wildman–Crippen MR) is 139 cm³/mol. The van der Waals surface area contributed by atoms with E-state index in [2.05, 4.69) is 26.0 Å². The fourth-order valence-corrected chi connectivity index (χ4v) is 5.77. The predicted octanol–water partition coefficient (Wildman–Crippen LogP) is 6.18. The van der Waals surface area contributed by atoms with E-state index in [-0.39, 0.29) is 11.7 Å². The number of ketones is 1. The van der Waals surface area contributed by atoms with Crippen LogP contribution in [0.2, 0.25) is 0 Å². The number of thioether (sulfide) groups is 1. The Morgan fingerprint density at radius 3 is 2.39 bits per heavy atom. The summed E-state index contributed by atoms with van der Waals surface area (Å²) in [5.41, 5.74) is 3.37. The molecule has 1 aliphatic rings. The average molecular weight is 477 g/mol. The summed E-state index contributed by atoms with van der Waals surface area (Å²) in [6, 6.07) is 20.0. The minimum atomic E-state index is -0.303. The Balaban J connectivity index is 2.04. The van der Waals surface area contributed by atoms with Crippen LogP contribution in [0, 0.1) is 0 Å². The van der Waals surface area contributed by atoms with Crippen LogP contribution in [0.1, 0.15) is 50.7 Å². The highest BCUT2D eigenvalue weighted by molar-refractivity contribution is 8.00. The number of aromatic nitrogens is 1. The lowest BCUT2D eigenvalue weighted by atomic mass is 9.85. The molecular formula is C26H28N4OS2. The van der Waals surface area contributed by atoms with Crippen molar-refractivity contribution in [3.63, 3.8) is 0 Å².